The van der Waals surface area contributed by atoms with Crippen LogP contribution in [0.2, 0.25) is 0 Å². The average Bonchev–Trinajstić information content (AvgIpc) is 2.63. The predicted octanol–water partition coefficient (Wildman–Crippen LogP) is 3.90. The molecule has 0 atom stereocenters. The van der Waals surface area contributed by atoms with E-state index in [1.165, 1.54) is 12.3 Å². The first kappa shape index (κ1) is 26.7. The first-order valence-corrected chi connectivity index (χ1v) is 9.19. The molecule has 1 aromatic heterocycles. The highest BCUT2D eigenvalue weighted by molar-refractivity contribution is 14.0. The first-order valence-electron chi connectivity index (χ1n) is 9.19. The summed E-state index contributed by atoms with van der Waals surface area (Å²) in [4.78, 5) is 8.21. The van der Waals surface area contributed by atoms with E-state index in [1.54, 1.807) is 6.07 Å². The Kier molecular flexibility index (Phi) is 14.9. The monoisotopic (exact) mass is 518 g/mol. The number of ether oxygens (including phenoxy) is 2. The van der Waals surface area contributed by atoms with Gasteiger partial charge in [0.25, 0.3) is 0 Å². The van der Waals surface area contributed by atoms with Gasteiger partial charge in [0.1, 0.15) is 0 Å². The molecule has 2 N–H and O–H groups in total. The molecule has 0 saturated carbocycles. The molecule has 0 aliphatic heterocycles. The first-order chi connectivity index (χ1) is 12.9. The Morgan fingerprint density at radius 3 is 2.61 bits per heavy atom. The van der Waals surface area contributed by atoms with E-state index in [0.29, 0.717) is 37.8 Å². The lowest BCUT2D eigenvalue weighted by Crippen LogP contribution is -2.38. The van der Waals surface area contributed by atoms with E-state index in [1.807, 2.05) is 6.92 Å². The van der Waals surface area contributed by atoms with Crippen molar-refractivity contribution in [3.63, 3.8) is 0 Å². The van der Waals surface area contributed by atoms with Crippen molar-refractivity contribution in [3.8, 4) is 5.88 Å². The third kappa shape index (κ3) is 13.8. The minimum atomic E-state index is -4.39. The van der Waals surface area contributed by atoms with Crippen LogP contribution >= 0.6 is 24.0 Å². The summed E-state index contributed by atoms with van der Waals surface area (Å²) in [5, 5.41) is 6.33. The van der Waals surface area contributed by atoms with Crippen molar-refractivity contribution >= 4 is 29.9 Å². The largest absolute Gasteiger partial charge is 0.468 e. The minimum Gasteiger partial charge on any atom is -0.468 e. The highest BCUT2D eigenvalue weighted by atomic mass is 127. The summed E-state index contributed by atoms with van der Waals surface area (Å²) >= 11 is 0. The molecule has 0 unspecified atom stereocenters. The van der Waals surface area contributed by atoms with Crippen molar-refractivity contribution in [2.75, 3.05) is 32.9 Å². The fraction of sp³-hybridized carbons (Fsp3) is 0.667. The fourth-order valence-corrected chi connectivity index (χ4v) is 2.03. The number of alkyl halides is 3. The molecule has 1 heterocycles. The number of aromatic nitrogens is 1. The number of unbranched alkanes of at least 4 members (excludes halogenated alkanes) is 1. The number of halogens is 4. The summed E-state index contributed by atoms with van der Waals surface area (Å²) < 4.78 is 46.8. The van der Waals surface area contributed by atoms with Gasteiger partial charge >= 0.3 is 6.18 Å². The molecular weight excluding hydrogens is 488 g/mol. The molecule has 0 bridgehead atoms. The third-order valence-electron chi connectivity index (χ3n) is 3.35. The van der Waals surface area contributed by atoms with E-state index in [2.05, 4.69) is 32.3 Å². The molecule has 0 aliphatic rings. The molecule has 6 nitrogen and oxygen atoms in total. The van der Waals surface area contributed by atoms with Crippen molar-refractivity contribution in [1.29, 1.82) is 0 Å². The summed E-state index contributed by atoms with van der Waals surface area (Å²) in [7, 11) is 0. The van der Waals surface area contributed by atoms with Crippen molar-refractivity contribution in [2.24, 2.45) is 4.99 Å². The molecule has 0 saturated heterocycles. The van der Waals surface area contributed by atoms with Crippen LogP contribution in [0, 0.1) is 0 Å². The number of hydrogen-bond donors (Lipinski definition) is 2. The zero-order valence-corrected chi connectivity index (χ0v) is 18.7. The lowest BCUT2D eigenvalue weighted by molar-refractivity contribution is -0.154. The minimum absolute atomic E-state index is 0. The second-order valence-corrected chi connectivity index (χ2v) is 5.85. The highest BCUT2D eigenvalue weighted by Crippen LogP contribution is 2.17. The lowest BCUT2D eigenvalue weighted by Gasteiger charge is -2.12. The fourth-order valence-electron chi connectivity index (χ4n) is 2.03. The second kappa shape index (κ2) is 15.6. The Morgan fingerprint density at radius 2 is 1.93 bits per heavy atom. The van der Waals surface area contributed by atoms with Crippen LogP contribution in [0.15, 0.2) is 23.3 Å². The Labute approximate surface area is 181 Å². The van der Waals surface area contributed by atoms with Crippen LogP contribution in [0.5, 0.6) is 5.88 Å². The lowest BCUT2D eigenvalue weighted by atomic mass is 10.3. The third-order valence-corrected chi connectivity index (χ3v) is 3.35. The molecule has 0 fully saturated rings. The smallest absolute Gasteiger partial charge is 0.422 e. The van der Waals surface area contributed by atoms with Crippen LogP contribution in [0.3, 0.4) is 0 Å². The van der Waals surface area contributed by atoms with Crippen LogP contribution in [0.1, 0.15) is 38.7 Å². The maximum atomic E-state index is 12.2. The van der Waals surface area contributed by atoms with Gasteiger partial charge in [-0.15, -0.1) is 24.0 Å². The number of aliphatic imine (C=N–C) groups is 1. The molecular formula is C18H30F3IN4O2. The quantitative estimate of drug-likeness (QED) is 0.190. The van der Waals surface area contributed by atoms with E-state index in [0.717, 1.165) is 25.9 Å². The number of nitrogens with zero attached hydrogens (tertiary/aromatic N) is 2. The predicted molar refractivity (Wildman–Crippen MR) is 114 cm³/mol. The number of rotatable bonds is 12. The van der Waals surface area contributed by atoms with Gasteiger partial charge in [-0.25, -0.2) is 9.98 Å². The second-order valence-electron chi connectivity index (χ2n) is 5.85. The van der Waals surface area contributed by atoms with Crippen molar-refractivity contribution < 1.29 is 22.6 Å². The van der Waals surface area contributed by atoms with Gasteiger partial charge in [0.2, 0.25) is 5.88 Å². The van der Waals surface area contributed by atoms with Crippen LogP contribution in [0.4, 0.5) is 13.2 Å². The molecule has 1 aromatic rings. The number of nitrogens with one attached hydrogen (secondary N) is 2. The molecule has 0 spiro atoms. The maximum Gasteiger partial charge on any atom is 0.422 e. The summed E-state index contributed by atoms with van der Waals surface area (Å²) in [6.07, 6.45) is 0.0627. The molecule has 10 heteroatoms. The van der Waals surface area contributed by atoms with Gasteiger partial charge in [-0.2, -0.15) is 13.2 Å². The van der Waals surface area contributed by atoms with E-state index in [4.69, 9.17) is 4.74 Å². The van der Waals surface area contributed by atoms with Crippen molar-refractivity contribution in [3.05, 3.63) is 23.9 Å². The topological polar surface area (TPSA) is 67.8 Å². The Balaban J connectivity index is 0.00000729. The molecule has 0 amide bonds. The van der Waals surface area contributed by atoms with Crippen molar-refractivity contribution in [2.45, 2.75) is 45.8 Å². The van der Waals surface area contributed by atoms with Gasteiger partial charge in [0.05, 0.1) is 6.54 Å². The van der Waals surface area contributed by atoms with Gasteiger partial charge in [-0.3, -0.25) is 0 Å². The van der Waals surface area contributed by atoms with Crippen LogP contribution in [-0.2, 0) is 11.3 Å². The standard InChI is InChI=1S/C18H29F3N4O2.HI/c1-3-5-10-26-11-6-8-24-17(22-4-2)25-13-15-7-9-23-16(12-15)27-14-18(19,20)21;/h7,9,12H,3-6,8,10-11,13-14H2,1-2H3,(H2,22,24,25);1H. The van der Waals surface area contributed by atoms with E-state index < -0.39 is 12.8 Å². The summed E-state index contributed by atoms with van der Waals surface area (Å²) in [5.41, 5.74) is 0.710. The molecule has 0 radical (unpaired) electrons. The maximum absolute atomic E-state index is 12.2. The Bertz CT molecular complexity index is 560. The molecule has 0 aromatic carbocycles. The number of guanidine groups is 1. The number of pyridine rings is 1. The zero-order valence-electron chi connectivity index (χ0n) is 16.3. The van der Waals surface area contributed by atoms with Crippen LogP contribution < -0.4 is 15.4 Å². The van der Waals surface area contributed by atoms with E-state index in [9.17, 15) is 13.2 Å². The summed E-state index contributed by atoms with van der Waals surface area (Å²) in [6.45, 7) is 5.91. The average molecular weight is 518 g/mol. The molecule has 1 rings (SSSR count). The van der Waals surface area contributed by atoms with Gasteiger partial charge < -0.3 is 20.1 Å². The van der Waals surface area contributed by atoms with Crippen LogP contribution in [-0.4, -0.2) is 50.0 Å². The van der Waals surface area contributed by atoms with E-state index in [-0.39, 0.29) is 29.9 Å². The van der Waals surface area contributed by atoms with Crippen LogP contribution in [0.25, 0.3) is 0 Å². The SMILES string of the molecule is CCCCOCCCNC(=NCc1ccnc(OCC(F)(F)F)c1)NCC.I. The highest BCUT2D eigenvalue weighted by Gasteiger charge is 2.28. The Morgan fingerprint density at radius 1 is 1.18 bits per heavy atom. The number of hydrogen-bond acceptors (Lipinski definition) is 4. The molecule has 0 aliphatic carbocycles. The summed E-state index contributed by atoms with van der Waals surface area (Å²) in [5.74, 6) is 0.572. The van der Waals surface area contributed by atoms with Crippen molar-refractivity contribution in [1.82, 2.24) is 15.6 Å². The normalized spacial score (nSPS) is 11.7. The van der Waals surface area contributed by atoms with Gasteiger partial charge in [-0.1, -0.05) is 13.3 Å². The van der Waals surface area contributed by atoms with Gasteiger partial charge in [0, 0.05) is 38.6 Å². The van der Waals surface area contributed by atoms with E-state index >= 15 is 0 Å². The molecule has 28 heavy (non-hydrogen) atoms. The Hall–Kier alpha value is -1.30. The zero-order chi connectivity index (χ0) is 20.0. The van der Waals surface area contributed by atoms with Gasteiger partial charge in [0.15, 0.2) is 12.6 Å². The van der Waals surface area contributed by atoms with Gasteiger partial charge in [-0.05, 0) is 31.4 Å². The summed E-state index contributed by atoms with van der Waals surface area (Å²) in [6, 6.07) is 3.15. The molecule has 162 valence electrons.